The minimum Gasteiger partial charge on any atom is -0.458 e. The lowest BCUT2D eigenvalue weighted by atomic mass is 9.77. The molecule has 1 aromatic rings. The fourth-order valence-corrected chi connectivity index (χ4v) is 6.80. The molecule has 3 rings (SSSR count). The number of methoxy groups -OCH3 is 1. The van der Waals surface area contributed by atoms with Crippen LogP contribution in [0.5, 0.6) is 0 Å². The molecule has 2 aliphatic heterocycles. The number of allylic oxidation sites excluding steroid dienone is 1. The first-order valence-electron chi connectivity index (χ1n) is 16.5. The molecule has 1 saturated heterocycles. The first kappa shape index (κ1) is 38.5. The van der Waals surface area contributed by atoms with Crippen LogP contribution in [0, 0.1) is 17.8 Å². The molecule has 47 heavy (non-hydrogen) atoms. The van der Waals surface area contributed by atoms with E-state index in [-0.39, 0.29) is 30.8 Å². The maximum atomic E-state index is 14.0. The lowest BCUT2D eigenvalue weighted by Gasteiger charge is -2.46. The largest absolute Gasteiger partial charge is 0.458 e. The van der Waals surface area contributed by atoms with Gasteiger partial charge in [-0.25, -0.2) is 4.79 Å². The molecular weight excluding hydrogens is 606 g/mol. The summed E-state index contributed by atoms with van der Waals surface area (Å²) in [6.07, 6.45) is -2.10. The summed E-state index contributed by atoms with van der Waals surface area (Å²) in [5, 5.41) is 14.5. The van der Waals surface area contributed by atoms with Crippen molar-refractivity contribution in [1.29, 1.82) is 0 Å². The average molecular weight is 660 g/mol. The Kier molecular flexibility index (Phi) is 13.1. The molecule has 0 spiro atoms. The van der Waals surface area contributed by atoms with Gasteiger partial charge in [-0.3, -0.25) is 14.4 Å². The van der Waals surface area contributed by atoms with Crippen LogP contribution >= 0.6 is 0 Å². The molecule has 0 radical (unpaired) electrons. The predicted molar refractivity (Wildman–Crippen MR) is 174 cm³/mol. The molecule has 2 N–H and O–H groups in total. The Morgan fingerprint density at radius 2 is 1.72 bits per heavy atom. The molecule has 11 atom stereocenters. The van der Waals surface area contributed by atoms with Gasteiger partial charge in [0.05, 0.1) is 29.4 Å². The Morgan fingerprint density at radius 3 is 2.30 bits per heavy atom. The van der Waals surface area contributed by atoms with E-state index in [0.717, 1.165) is 0 Å². The van der Waals surface area contributed by atoms with Crippen LogP contribution in [0.3, 0.4) is 0 Å². The number of Topliss-reactive ketones (excluding diaryl/α,β-unsaturated/α-hetero) is 2. The van der Waals surface area contributed by atoms with Crippen LogP contribution in [0.2, 0.25) is 0 Å². The zero-order valence-corrected chi connectivity index (χ0v) is 29.4. The molecule has 11 nitrogen and oxygen atoms in total. The van der Waals surface area contributed by atoms with E-state index in [1.165, 1.54) is 27.0 Å². The van der Waals surface area contributed by atoms with Gasteiger partial charge in [0.25, 0.3) is 0 Å². The van der Waals surface area contributed by atoms with E-state index in [2.05, 4.69) is 5.32 Å². The van der Waals surface area contributed by atoms with Gasteiger partial charge < -0.3 is 34.1 Å². The van der Waals surface area contributed by atoms with Gasteiger partial charge in [0.15, 0.2) is 24.0 Å². The molecule has 2 aliphatic rings. The summed E-state index contributed by atoms with van der Waals surface area (Å²) in [6, 6.07) is 8.22. The third-order valence-corrected chi connectivity index (χ3v) is 9.61. The first-order valence-corrected chi connectivity index (χ1v) is 16.5. The van der Waals surface area contributed by atoms with Gasteiger partial charge in [-0.1, -0.05) is 39.0 Å². The number of cyclic esters (lactones) is 1. The van der Waals surface area contributed by atoms with Gasteiger partial charge in [-0.15, -0.1) is 0 Å². The van der Waals surface area contributed by atoms with E-state index in [0.29, 0.717) is 17.6 Å². The van der Waals surface area contributed by atoms with Crippen molar-refractivity contribution in [3.05, 3.63) is 47.5 Å². The Morgan fingerprint density at radius 1 is 1.09 bits per heavy atom. The van der Waals surface area contributed by atoms with E-state index >= 15 is 0 Å². The van der Waals surface area contributed by atoms with Gasteiger partial charge in [0.2, 0.25) is 0 Å². The smallest absolute Gasteiger partial charge is 0.338 e. The third kappa shape index (κ3) is 8.94. The van der Waals surface area contributed by atoms with E-state index in [4.69, 9.17) is 23.7 Å². The predicted octanol–water partition coefficient (Wildman–Crippen LogP) is 4.19. The summed E-state index contributed by atoms with van der Waals surface area (Å²) in [5.41, 5.74) is -2.25. The molecule has 1 unspecified atom stereocenters. The quantitative estimate of drug-likeness (QED) is 0.321. The molecule has 1 fully saturated rings. The molecule has 11 heteroatoms. The van der Waals surface area contributed by atoms with Crippen LogP contribution in [0.15, 0.2) is 42.0 Å². The zero-order valence-electron chi connectivity index (χ0n) is 29.4. The summed E-state index contributed by atoms with van der Waals surface area (Å²) >= 11 is 0. The first-order chi connectivity index (χ1) is 22.0. The Labute approximate surface area is 278 Å². The Hall–Kier alpha value is -2.96. The third-order valence-electron chi connectivity index (χ3n) is 9.61. The standard InChI is InChI=1S/C36H53NO10/c1-11-27-35(7,42)18-20(2)28(38)21(3)19-36(8,43-10)31(23(5)29(39)24(6)32(40)45-27)47-34-30(26(37-9)17-22(4)44-34)46-33(41)25-15-13-12-14-16-25/h12-16,18,21-24,26-27,30-31,34,37,42H,11,17,19H2,1-10H3/b20-18+/t21-,22-,23+,24-,26+,27-,30-,31-,34?,35+,36-/m1/s1. The Balaban J connectivity index is 2.10. The summed E-state index contributed by atoms with van der Waals surface area (Å²) in [5.74, 6) is -4.89. The van der Waals surface area contributed by atoms with Gasteiger partial charge in [-0.05, 0) is 84.7 Å². The minimum atomic E-state index is -1.65. The van der Waals surface area contributed by atoms with Crippen molar-refractivity contribution in [3.8, 4) is 0 Å². The van der Waals surface area contributed by atoms with E-state index in [9.17, 15) is 24.3 Å². The number of carbonyl (C=O) groups excluding carboxylic acids is 4. The number of ketones is 2. The maximum absolute atomic E-state index is 14.0. The SMILES string of the molecule is CC[C@H]1OC(=O)[C@H](C)C(=O)[C@H](C)[C@@H](OC2O[C@H](C)C[C@H](NC)[C@H]2OC(=O)c2ccccc2)[C@](C)(OC)C[C@@H](C)C(=O)/C(C)=C/[C@]1(C)O. The molecule has 0 bridgehead atoms. The number of likely N-dealkylation sites (N-methyl/N-ethyl adjacent to an activating group) is 1. The van der Waals surface area contributed by atoms with E-state index < -0.39 is 71.3 Å². The molecule has 0 aromatic heterocycles. The number of ether oxygens (including phenoxy) is 5. The van der Waals surface area contributed by atoms with E-state index in [1.807, 2.05) is 6.92 Å². The molecule has 1 aromatic carbocycles. The van der Waals surface area contributed by atoms with Crippen molar-refractivity contribution >= 4 is 23.5 Å². The fraction of sp³-hybridized carbons (Fsp3) is 0.667. The topological polar surface area (TPSA) is 147 Å². The lowest BCUT2D eigenvalue weighted by molar-refractivity contribution is -0.289. The Bertz CT molecular complexity index is 1300. The number of rotatable bonds is 7. The number of benzene rings is 1. The second-order valence-corrected chi connectivity index (χ2v) is 13.5. The molecular formula is C36H53NO10. The highest BCUT2D eigenvalue weighted by atomic mass is 16.7. The second-order valence-electron chi connectivity index (χ2n) is 13.5. The average Bonchev–Trinajstić information content (AvgIpc) is 3.04. The highest BCUT2D eigenvalue weighted by Gasteiger charge is 2.50. The van der Waals surface area contributed by atoms with Gasteiger partial charge in [0.1, 0.15) is 17.6 Å². The van der Waals surface area contributed by atoms with Crippen LogP contribution in [0.4, 0.5) is 0 Å². The monoisotopic (exact) mass is 659 g/mol. The normalized spacial score (nSPS) is 38.9. The van der Waals surface area contributed by atoms with Crippen LogP contribution in [-0.2, 0) is 38.1 Å². The fourth-order valence-electron chi connectivity index (χ4n) is 6.80. The molecule has 2 heterocycles. The van der Waals surface area contributed by atoms with Crippen molar-refractivity contribution in [2.75, 3.05) is 14.2 Å². The van der Waals surface area contributed by atoms with Crippen molar-refractivity contribution in [2.24, 2.45) is 17.8 Å². The minimum absolute atomic E-state index is 0.125. The summed E-state index contributed by atoms with van der Waals surface area (Å²) in [6.45, 7) is 13.3. The van der Waals surface area contributed by atoms with Crippen molar-refractivity contribution in [3.63, 3.8) is 0 Å². The summed E-state index contributed by atoms with van der Waals surface area (Å²) < 4.78 is 30.7. The van der Waals surface area contributed by atoms with Crippen molar-refractivity contribution in [2.45, 2.75) is 123 Å². The molecule has 0 saturated carbocycles. The lowest BCUT2D eigenvalue weighted by Crippen LogP contribution is -2.60. The van der Waals surface area contributed by atoms with Gasteiger partial charge >= 0.3 is 11.9 Å². The number of carbonyl (C=O) groups is 4. The van der Waals surface area contributed by atoms with Crippen LogP contribution in [0.25, 0.3) is 0 Å². The summed E-state index contributed by atoms with van der Waals surface area (Å²) in [4.78, 5) is 54.3. The van der Waals surface area contributed by atoms with Crippen LogP contribution in [0.1, 0.15) is 85.0 Å². The number of hydrogen-bond acceptors (Lipinski definition) is 11. The number of nitrogens with one attached hydrogen (secondary N) is 1. The highest BCUT2D eigenvalue weighted by molar-refractivity contribution is 6.00. The van der Waals surface area contributed by atoms with Crippen LogP contribution in [-0.4, -0.2) is 90.7 Å². The van der Waals surface area contributed by atoms with Crippen molar-refractivity contribution in [1.82, 2.24) is 5.32 Å². The number of esters is 2. The van der Waals surface area contributed by atoms with Crippen molar-refractivity contribution < 1.29 is 48.0 Å². The molecule has 262 valence electrons. The zero-order chi connectivity index (χ0) is 35.3. The number of aliphatic hydroxyl groups is 1. The van der Waals surface area contributed by atoms with E-state index in [1.54, 1.807) is 72.0 Å². The molecule has 0 amide bonds. The summed E-state index contributed by atoms with van der Waals surface area (Å²) in [7, 11) is 3.23. The molecule has 0 aliphatic carbocycles. The van der Waals surface area contributed by atoms with Crippen LogP contribution < -0.4 is 5.32 Å². The maximum Gasteiger partial charge on any atom is 0.338 e. The van der Waals surface area contributed by atoms with Gasteiger partial charge in [-0.2, -0.15) is 0 Å². The second kappa shape index (κ2) is 16.0. The highest BCUT2D eigenvalue weighted by Crippen LogP contribution is 2.37. The number of hydrogen-bond donors (Lipinski definition) is 2. The van der Waals surface area contributed by atoms with Gasteiger partial charge in [0, 0.05) is 18.9 Å².